The molecule has 4 nitrogen and oxygen atoms in total. The number of nitrogens with two attached hydrogens (primary N) is 1. The Balaban J connectivity index is 2.54. The molecule has 19 heavy (non-hydrogen) atoms. The molecule has 0 saturated carbocycles. The van der Waals surface area contributed by atoms with Gasteiger partial charge in [0.1, 0.15) is 0 Å². The molecule has 4 heteroatoms. The molecule has 0 bridgehead atoms. The highest BCUT2D eigenvalue weighted by atomic mass is 16.3. The average Bonchev–Trinajstić information content (AvgIpc) is 2.35. The highest BCUT2D eigenvalue weighted by Gasteiger charge is 2.11. The zero-order chi connectivity index (χ0) is 14.3. The van der Waals surface area contributed by atoms with E-state index in [1.165, 1.54) is 6.08 Å². The van der Waals surface area contributed by atoms with E-state index in [1.54, 1.807) is 18.2 Å². The minimum Gasteiger partial charge on any atom is -0.399 e. The van der Waals surface area contributed by atoms with Gasteiger partial charge in [-0.2, -0.15) is 0 Å². The Hall–Kier alpha value is -1.81. The van der Waals surface area contributed by atoms with Crippen molar-refractivity contribution in [1.29, 1.82) is 0 Å². The van der Waals surface area contributed by atoms with Crippen LogP contribution in [0, 0.1) is 5.92 Å². The fraction of sp³-hybridized carbons (Fsp3) is 0.400. The molecular formula is C15H22N2O2. The van der Waals surface area contributed by atoms with Gasteiger partial charge in [0.2, 0.25) is 5.91 Å². The molecule has 0 aromatic heterocycles. The summed E-state index contributed by atoms with van der Waals surface area (Å²) in [5.41, 5.74) is 7.19. The monoisotopic (exact) mass is 262 g/mol. The summed E-state index contributed by atoms with van der Waals surface area (Å²) in [6.07, 6.45) is 3.92. The number of rotatable bonds is 6. The summed E-state index contributed by atoms with van der Waals surface area (Å²) in [6, 6.07) is 7.10. The van der Waals surface area contributed by atoms with E-state index in [4.69, 9.17) is 5.73 Å². The third-order valence-electron chi connectivity index (χ3n) is 2.66. The molecular weight excluding hydrogens is 240 g/mol. The van der Waals surface area contributed by atoms with Crippen molar-refractivity contribution in [3.8, 4) is 0 Å². The van der Waals surface area contributed by atoms with Crippen LogP contribution in [0.4, 0.5) is 5.69 Å². The Labute approximate surface area is 114 Å². The molecule has 0 spiro atoms. The van der Waals surface area contributed by atoms with Gasteiger partial charge in [0.15, 0.2) is 0 Å². The van der Waals surface area contributed by atoms with E-state index in [0.717, 1.165) is 12.0 Å². The molecule has 0 aliphatic rings. The zero-order valence-corrected chi connectivity index (χ0v) is 11.5. The van der Waals surface area contributed by atoms with E-state index in [2.05, 4.69) is 19.2 Å². The van der Waals surface area contributed by atoms with Gasteiger partial charge >= 0.3 is 0 Å². The number of nitrogen functional groups attached to an aromatic ring is 1. The normalized spacial score (nSPS) is 12.8. The first-order valence-electron chi connectivity index (χ1n) is 6.46. The van der Waals surface area contributed by atoms with Crippen molar-refractivity contribution in [1.82, 2.24) is 5.32 Å². The number of aliphatic hydroxyl groups is 1. The number of amides is 1. The van der Waals surface area contributed by atoms with Crippen LogP contribution in [0.15, 0.2) is 30.3 Å². The largest absolute Gasteiger partial charge is 0.399 e. The lowest BCUT2D eigenvalue weighted by molar-refractivity contribution is -0.117. The number of nitrogens with one attached hydrogen (secondary N) is 1. The second-order valence-corrected chi connectivity index (χ2v) is 5.02. The number of hydrogen-bond donors (Lipinski definition) is 3. The number of anilines is 1. The summed E-state index contributed by atoms with van der Waals surface area (Å²) >= 11 is 0. The van der Waals surface area contributed by atoms with E-state index in [0.29, 0.717) is 11.6 Å². The molecule has 1 aromatic carbocycles. The highest BCUT2D eigenvalue weighted by Crippen LogP contribution is 2.08. The second-order valence-electron chi connectivity index (χ2n) is 5.02. The molecule has 0 heterocycles. The van der Waals surface area contributed by atoms with Crippen LogP contribution in [0.3, 0.4) is 0 Å². The van der Waals surface area contributed by atoms with Crippen molar-refractivity contribution in [2.75, 3.05) is 12.3 Å². The van der Waals surface area contributed by atoms with Crippen molar-refractivity contribution in [3.63, 3.8) is 0 Å². The number of carbonyl (C=O) groups excluding carboxylic acids is 1. The van der Waals surface area contributed by atoms with Gasteiger partial charge in [-0.1, -0.05) is 26.0 Å². The Morgan fingerprint density at radius 1 is 1.47 bits per heavy atom. The third kappa shape index (κ3) is 6.06. The number of carbonyl (C=O) groups is 1. The van der Waals surface area contributed by atoms with E-state index in [9.17, 15) is 9.90 Å². The molecule has 1 unspecified atom stereocenters. The summed E-state index contributed by atoms with van der Waals surface area (Å²) in [7, 11) is 0. The first-order valence-corrected chi connectivity index (χ1v) is 6.46. The van der Waals surface area contributed by atoms with Crippen LogP contribution in [0.25, 0.3) is 6.08 Å². The molecule has 1 amide bonds. The predicted octanol–water partition coefficient (Wildman–Crippen LogP) is 1.81. The molecule has 0 aliphatic carbocycles. The van der Waals surface area contributed by atoms with Gasteiger partial charge < -0.3 is 16.2 Å². The van der Waals surface area contributed by atoms with Crippen molar-refractivity contribution < 1.29 is 9.90 Å². The van der Waals surface area contributed by atoms with Crippen molar-refractivity contribution in [2.45, 2.75) is 26.3 Å². The summed E-state index contributed by atoms with van der Waals surface area (Å²) < 4.78 is 0. The Kier molecular flexibility index (Phi) is 6.09. The quantitative estimate of drug-likeness (QED) is 0.540. The zero-order valence-electron chi connectivity index (χ0n) is 11.5. The van der Waals surface area contributed by atoms with Crippen molar-refractivity contribution >= 4 is 17.7 Å². The van der Waals surface area contributed by atoms with Gasteiger partial charge in [-0.15, -0.1) is 0 Å². The lowest BCUT2D eigenvalue weighted by Crippen LogP contribution is -2.37. The maximum atomic E-state index is 11.7. The number of hydrogen-bond acceptors (Lipinski definition) is 3. The predicted molar refractivity (Wildman–Crippen MR) is 78.4 cm³/mol. The molecule has 1 aromatic rings. The molecule has 0 saturated heterocycles. The van der Waals surface area contributed by atoms with Gasteiger partial charge in [-0.3, -0.25) is 4.79 Å². The lowest BCUT2D eigenvalue weighted by atomic mass is 10.0. The Bertz CT molecular complexity index is 442. The lowest BCUT2D eigenvalue weighted by Gasteiger charge is -2.17. The van der Waals surface area contributed by atoms with Crippen LogP contribution in [0.1, 0.15) is 25.8 Å². The fourth-order valence-electron chi connectivity index (χ4n) is 1.83. The molecule has 4 N–H and O–H groups in total. The summed E-state index contributed by atoms with van der Waals surface area (Å²) in [5, 5.41) is 12.0. The first-order chi connectivity index (χ1) is 9.01. The highest BCUT2D eigenvalue weighted by molar-refractivity contribution is 5.92. The van der Waals surface area contributed by atoms with Crippen LogP contribution < -0.4 is 11.1 Å². The summed E-state index contributed by atoms with van der Waals surface area (Å²) in [4.78, 5) is 11.7. The summed E-state index contributed by atoms with van der Waals surface area (Å²) in [5.74, 6) is 0.220. The number of benzene rings is 1. The van der Waals surface area contributed by atoms with E-state index in [-0.39, 0.29) is 18.6 Å². The van der Waals surface area contributed by atoms with Gasteiger partial charge in [0.05, 0.1) is 12.6 Å². The minimum atomic E-state index is -0.206. The van der Waals surface area contributed by atoms with Crippen LogP contribution in [0.2, 0.25) is 0 Å². The van der Waals surface area contributed by atoms with Crippen molar-refractivity contribution in [2.24, 2.45) is 5.92 Å². The maximum Gasteiger partial charge on any atom is 0.244 e. The first kappa shape index (κ1) is 15.2. The fourth-order valence-corrected chi connectivity index (χ4v) is 1.83. The SMILES string of the molecule is CC(C)CC(CO)NC(=O)/C=C/c1cccc(N)c1. The molecule has 1 rings (SSSR count). The van der Waals surface area contributed by atoms with E-state index in [1.807, 2.05) is 12.1 Å². The molecule has 104 valence electrons. The average molecular weight is 262 g/mol. The van der Waals surface area contributed by atoms with Gasteiger partial charge in [0.25, 0.3) is 0 Å². The Morgan fingerprint density at radius 2 is 2.21 bits per heavy atom. The standard InChI is InChI=1S/C15H22N2O2/c1-11(2)8-14(10-18)17-15(19)7-6-12-4-3-5-13(16)9-12/h3-7,9,11,14,18H,8,10,16H2,1-2H3,(H,17,19)/b7-6+. The van der Waals surface area contributed by atoms with Crippen LogP contribution in [-0.2, 0) is 4.79 Å². The van der Waals surface area contributed by atoms with Crippen molar-refractivity contribution in [3.05, 3.63) is 35.9 Å². The molecule has 0 radical (unpaired) electrons. The van der Waals surface area contributed by atoms with E-state index < -0.39 is 0 Å². The number of aliphatic hydroxyl groups excluding tert-OH is 1. The van der Waals surface area contributed by atoms with Gasteiger partial charge in [-0.25, -0.2) is 0 Å². The molecule has 1 atom stereocenters. The molecule has 0 fully saturated rings. The minimum absolute atomic E-state index is 0.0456. The van der Waals surface area contributed by atoms with Crippen LogP contribution >= 0.6 is 0 Å². The topological polar surface area (TPSA) is 75.3 Å². The maximum absolute atomic E-state index is 11.7. The summed E-state index contributed by atoms with van der Waals surface area (Å²) in [6.45, 7) is 4.06. The third-order valence-corrected chi connectivity index (χ3v) is 2.66. The van der Waals surface area contributed by atoms with E-state index >= 15 is 0 Å². The van der Waals surface area contributed by atoms with Gasteiger partial charge in [0, 0.05) is 11.8 Å². The van der Waals surface area contributed by atoms with Crippen LogP contribution in [0.5, 0.6) is 0 Å². The van der Waals surface area contributed by atoms with Gasteiger partial charge in [-0.05, 0) is 36.1 Å². The molecule has 0 aliphatic heterocycles. The second kappa shape index (κ2) is 7.59. The smallest absolute Gasteiger partial charge is 0.244 e. The Morgan fingerprint density at radius 3 is 2.79 bits per heavy atom. The van der Waals surface area contributed by atoms with Crippen LogP contribution in [-0.4, -0.2) is 23.7 Å².